The van der Waals surface area contributed by atoms with Crippen LogP contribution in [0.2, 0.25) is 0 Å². The lowest BCUT2D eigenvalue weighted by atomic mass is 10.0. The Kier molecular flexibility index (Phi) is 5.55. The maximum absolute atomic E-state index is 12.3. The van der Waals surface area contributed by atoms with E-state index in [1.54, 1.807) is 0 Å². The first-order chi connectivity index (χ1) is 11.2. The molecule has 4 heteroatoms. The smallest absolute Gasteiger partial charge is 0.279 e. The van der Waals surface area contributed by atoms with Crippen LogP contribution in [0.4, 0.5) is 11.4 Å². The normalized spacial score (nSPS) is 25.2. The third kappa shape index (κ3) is 4.47. The van der Waals surface area contributed by atoms with Crippen molar-refractivity contribution in [2.24, 2.45) is 0 Å². The van der Waals surface area contributed by atoms with E-state index in [1.807, 2.05) is 12.1 Å². The van der Waals surface area contributed by atoms with Gasteiger partial charge in [0.25, 0.3) is 5.91 Å². The Hall–Kier alpha value is -1.55. The Bertz CT molecular complexity index is 508. The number of amides is 1. The molecule has 1 unspecified atom stereocenters. The molecule has 1 aromatic carbocycles. The van der Waals surface area contributed by atoms with Crippen LogP contribution in [0.5, 0.6) is 0 Å². The Morgan fingerprint density at radius 2 is 1.87 bits per heavy atom. The summed E-state index contributed by atoms with van der Waals surface area (Å²) in [6, 6.07) is 8.96. The van der Waals surface area contributed by atoms with Gasteiger partial charge in [-0.1, -0.05) is 0 Å². The summed E-state index contributed by atoms with van der Waals surface area (Å²) in [5.41, 5.74) is 2.19. The molecule has 3 rings (SSSR count). The molecule has 126 valence electrons. The van der Waals surface area contributed by atoms with E-state index in [-0.39, 0.29) is 5.91 Å². The van der Waals surface area contributed by atoms with Crippen LogP contribution in [0.15, 0.2) is 24.3 Å². The lowest BCUT2D eigenvalue weighted by Gasteiger charge is -2.29. The van der Waals surface area contributed by atoms with Crippen LogP contribution in [0, 0.1) is 0 Å². The number of likely N-dealkylation sites (tertiary alicyclic amines) is 1. The average molecular weight is 316 g/mol. The summed E-state index contributed by atoms with van der Waals surface area (Å²) in [4.78, 5) is 16.1. The lowest BCUT2D eigenvalue weighted by molar-refractivity contribution is -0.920. The van der Waals surface area contributed by atoms with Crippen molar-refractivity contribution < 1.29 is 9.69 Å². The molecule has 1 amide bonds. The first kappa shape index (κ1) is 16.3. The molecule has 2 N–H and O–H groups in total. The molecule has 23 heavy (non-hydrogen) atoms. The average Bonchev–Trinajstić information content (AvgIpc) is 2.58. The fraction of sp³-hybridized carbons (Fsp3) is 0.632. The predicted molar refractivity (Wildman–Crippen MR) is 95.1 cm³/mol. The fourth-order valence-corrected chi connectivity index (χ4v) is 3.83. The topological polar surface area (TPSA) is 36.8 Å². The molecule has 2 aliphatic rings. The zero-order chi connectivity index (χ0) is 16.1. The summed E-state index contributed by atoms with van der Waals surface area (Å²) >= 11 is 0. The van der Waals surface area contributed by atoms with E-state index in [1.165, 1.54) is 49.1 Å². The number of rotatable bonds is 4. The number of hydrogen-bond acceptors (Lipinski definition) is 2. The monoisotopic (exact) mass is 316 g/mol. The molecule has 0 aromatic heterocycles. The maximum Gasteiger partial charge on any atom is 0.279 e. The minimum absolute atomic E-state index is 0.138. The van der Waals surface area contributed by atoms with Gasteiger partial charge in [0.2, 0.25) is 0 Å². The largest absolute Gasteiger partial charge is 0.372 e. The molecule has 0 aliphatic carbocycles. The van der Waals surface area contributed by atoms with Gasteiger partial charge in [-0.15, -0.1) is 0 Å². The van der Waals surface area contributed by atoms with Crippen LogP contribution in [0.1, 0.15) is 45.4 Å². The number of nitrogens with one attached hydrogen (secondary N) is 2. The first-order valence-corrected chi connectivity index (χ1v) is 9.22. The Morgan fingerprint density at radius 1 is 1.13 bits per heavy atom. The molecular weight excluding hydrogens is 286 g/mol. The second-order valence-corrected chi connectivity index (χ2v) is 7.12. The SMILES string of the molecule is C[C@@H]1CCCC[NH+]1CC(=O)Nc1ccc(N2CCCCC2)cc1. The van der Waals surface area contributed by atoms with Gasteiger partial charge >= 0.3 is 0 Å². The van der Waals surface area contributed by atoms with Crippen LogP contribution in [0.25, 0.3) is 0 Å². The van der Waals surface area contributed by atoms with Crippen LogP contribution in [-0.2, 0) is 4.79 Å². The molecule has 0 spiro atoms. The molecule has 2 saturated heterocycles. The third-order valence-electron chi connectivity index (χ3n) is 5.34. The molecule has 2 atom stereocenters. The number of piperidine rings is 2. The van der Waals surface area contributed by atoms with Gasteiger partial charge in [0.15, 0.2) is 6.54 Å². The van der Waals surface area contributed by atoms with E-state index in [9.17, 15) is 4.79 Å². The summed E-state index contributed by atoms with van der Waals surface area (Å²) in [7, 11) is 0. The molecule has 2 fully saturated rings. The summed E-state index contributed by atoms with van der Waals surface area (Å²) in [6.07, 6.45) is 7.72. The van der Waals surface area contributed by atoms with Crippen molar-refractivity contribution in [3.63, 3.8) is 0 Å². The van der Waals surface area contributed by atoms with E-state index in [0.29, 0.717) is 12.6 Å². The minimum atomic E-state index is 0.138. The number of nitrogens with zero attached hydrogens (tertiary/aromatic N) is 1. The van der Waals surface area contributed by atoms with Crippen molar-refractivity contribution in [2.45, 2.75) is 51.5 Å². The van der Waals surface area contributed by atoms with Crippen LogP contribution >= 0.6 is 0 Å². The van der Waals surface area contributed by atoms with E-state index in [4.69, 9.17) is 0 Å². The molecule has 2 heterocycles. The molecule has 0 bridgehead atoms. The highest BCUT2D eigenvalue weighted by Crippen LogP contribution is 2.21. The Balaban J connectivity index is 1.52. The molecular formula is C19H30N3O+. The van der Waals surface area contributed by atoms with Gasteiger partial charge in [-0.3, -0.25) is 4.79 Å². The zero-order valence-electron chi connectivity index (χ0n) is 14.3. The van der Waals surface area contributed by atoms with Gasteiger partial charge in [-0.25, -0.2) is 0 Å². The summed E-state index contributed by atoms with van der Waals surface area (Å²) in [5, 5.41) is 3.06. The standard InChI is InChI=1S/C19H29N3O/c1-16-7-3-6-14-22(16)15-19(23)20-17-8-10-18(11-9-17)21-12-4-2-5-13-21/h8-11,16H,2-7,12-15H2,1H3,(H,20,23)/p+1/t16-/m1/s1. The van der Waals surface area contributed by atoms with Gasteiger partial charge in [-0.05, 0) is 69.7 Å². The summed E-state index contributed by atoms with van der Waals surface area (Å²) in [6.45, 7) is 6.29. The van der Waals surface area contributed by atoms with Crippen LogP contribution in [0.3, 0.4) is 0 Å². The van der Waals surface area contributed by atoms with Crippen molar-refractivity contribution in [3.05, 3.63) is 24.3 Å². The highest BCUT2D eigenvalue weighted by molar-refractivity contribution is 5.91. The van der Waals surface area contributed by atoms with Gasteiger partial charge in [-0.2, -0.15) is 0 Å². The van der Waals surface area contributed by atoms with Gasteiger partial charge in [0.1, 0.15) is 0 Å². The number of benzene rings is 1. The number of carbonyl (C=O) groups is 1. The Morgan fingerprint density at radius 3 is 2.57 bits per heavy atom. The third-order valence-corrected chi connectivity index (χ3v) is 5.34. The predicted octanol–water partition coefficient (Wildman–Crippen LogP) is 2.07. The number of quaternary nitrogens is 1. The maximum atomic E-state index is 12.3. The van der Waals surface area contributed by atoms with E-state index >= 15 is 0 Å². The second-order valence-electron chi connectivity index (χ2n) is 7.12. The summed E-state index contributed by atoms with van der Waals surface area (Å²) < 4.78 is 0. The molecule has 0 radical (unpaired) electrons. The van der Waals surface area contributed by atoms with Crippen molar-refractivity contribution in [1.82, 2.24) is 0 Å². The zero-order valence-corrected chi connectivity index (χ0v) is 14.3. The van der Waals surface area contributed by atoms with Crippen molar-refractivity contribution in [3.8, 4) is 0 Å². The first-order valence-electron chi connectivity index (χ1n) is 9.22. The molecule has 0 saturated carbocycles. The van der Waals surface area contributed by atoms with Crippen molar-refractivity contribution in [1.29, 1.82) is 0 Å². The molecule has 2 aliphatic heterocycles. The lowest BCUT2D eigenvalue weighted by Crippen LogP contribution is -3.17. The highest BCUT2D eigenvalue weighted by atomic mass is 16.2. The fourth-order valence-electron chi connectivity index (χ4n) is 3.83. The minimum Gasteiger partial charge on any atom is -0.372 e. The molecule has 1 aromatic rings. The summed E-state index contributed by atoms with van der Waals surface area (Å²) in [5.74, 6) is 0.138. The van der Waals surface area contributed by atoms with Crippen molar-refractivity contribution >= 4 is 17.3 Å². The number of hydrogen-bond donors (Lipinski definition) is 2. The quantitative estimate of drug-likeness (QED) is 0.892. The van der Waals surface area contributed by atoms with Gasteiger partial charge in [0, 0.05) is 24.5 Å². The number of carbonyl (C=O) groups excluding carboxylic acids is 1. The second kappa shape index (κ2) is 7.82. The van der Waals surface area contributed by atoms with Crippen LogP contribution < -0.4 is 15.1 Å². The number of anilines is 2. The highest BCUT2D eigenvalue weighted by Gasteiger charge is 2.24. The Labute approximate surface area is 139 Å². The van der Waals surface area contributed by atoms with E-state index < -0.39 is 0 Å². The van der Waals surface area contributed by atoms with E-state index in [2.05, 4.69) is 29.3 Å². The van der Waals surface area contributed by atoms with Gasteiger partial charge < -0.3 is 15.1 Å². The van der Waals surface area contributed by atoms with Crippen LogP contribution in [-0.4, -0.2) is 38.1 Å². The van der Waals surface area contributed by atoms with E-state index in [0.717, 1.165) is 25.3 Å². The van der Waals surface area contributed by atoms with Gasteiger partial charge in [0.05, 0.1) is 12.6 Å². The van der Waals surface area contributed by atoms with Crippen molar-refractivity contribution in [2.75, 3.05) is 36.4 Å². The molecule has 4 nitrogen and oxygen atoms in total.